The molecular formula is C18H21ClN2O4S. The van der Waals surface area contributed by atoms with E-state index in [2.05, 4.69) is 10.3 Å². The minimum absolute atomic E-state index is 0.175. The maximum absolute atomic E-state index is 12.0. The van der Waals surface area contributed by atoms with Crippen molar-refractivity contribution in [2.24, 2.45) is 0 Å². The lowest BCUT2D eigenvalue weighted by molar-refractivity contribution is -0.116. The number of ether oxygens (including phenoxy) is 2. The van der Waals surface area contributed by atoms with Crippen LogP contribution in [0.1, 0.15) is 40.7 Å². The second-order valence-corrected chi connectivity index (χ2v) is 7.00. The second-order valence-electron chi connectivity index (χ2n) is 5.56. The lowest BCUT2D eigenvalue weighted by Gasteiger charge is -2.09. The van der Waals surface area contributed by atoms with Crippen molar-refractivity contribution in [1.82, 2.24) is 4.98 Å². The fraction of sp³-hybridized carbons (Fsp3) is 0.389. The molecular weight excluding hydrogens is 376 g/mol. The monoisotopic (exact) mass is 396 g/mol. The maximum Gasteiger partial charge on any atom is 0.350 e. The van der Waals surface area contributed by atoms with Gasteiger partial charge in [0.25, 0.3) is 0 Å². The first-order chi connectivity index (χ1) is 12.4. The number of carbonyl (C=O) groups is 2. The zero-order valence-electron chi connectivity index (χ0n) is 14.9. The summed E-state index contributed by atoms with van der Waals surface area (Å²) >= 11 is 7.02. The van der Waals surface area contributed by atoms with E-state index < -0.39 is 5.97 Å². The molecule has 0 saturated heterocycles. The smallest absolute Gasteiger partial charge is 0.350 e. The number of aryl methyl sites for hydroxylation is 2. The Morgan fingerprint density at radius 1 is 1.31 bits per heavy atom. The van der Waals surface area contributed by atoms with Gasteiger partial charge >= 0.3 is 5.97 Å². The molecule has 0 saturated carbocycles. The topological polar surface area (TPSA) is 77.5 Å². The number of aromatic nitrogens is 1. The fourth-order valence-corrected chi connectivity index (χ4v) is 3.31. The molecule has 0 radical (unpaired) electrons. The number of hydrogen-bond acceptors (Lipinski definition) is 6. The van der Waals surface area contributed by atoms with E-state index in [1.807, 2.05) is 19.1 Å². The maximum atomic E-state index is 12.0. The normalized spacial score (nSPS) is 10.5. The van der Waals surface area contributed by atoms with Gasteiger partial charge in [-0.1, -0.05) is 22.9 Å². The Morgan fingerprint density at radius 3 is 2.77 bits per heavy atom. The first-order valence-electron chi connectivity index (χ1n) is 8.24. The van der Waals surface area contributed by atoms with Crippen LogP contribution in [-0.4, -0.2) is 30.1 Å². The van der Waals surface area contributed by atoms with E-state index in [0.29, 0.717) is 46.8 Å². The summed E-state index contributed by atoms with van der Waals surface area (Å²) in [4.78, 5) is 28.4. The molecule has 0 aliphatic heterocycles. The summed E-state index contributed by atoms with van der Waals surface area (Å²) < 4.78 is 10.6. The van der Waals surface area contributed by atoms with Crippen LogP contribution in [0.2, 0.25) is 5.02 Å². The number of amides is 1. The molecule has 1 aromatic carbocycles. The van der Waals surface area contributed by atoms with Crippen LogP contribution in [0.15, 0.2) is 18.2 Å². The number of anilines is 1. The molecule has 6 nitrogen and oxygen atoms in total. The van der Waals surface area contributed by atoms with Crippen molar-refractivity contribution >= 4 is 39.9 Å². The molecule has 0 fully saturated rings. The largest absolute Gasteiger partial charge is 0.493 e. The summed E-state index contributed by atoms with van der Waals surface area (Å²) in [5, 5.41) is 3.76. The minimum atomic E-state index is -0.422. The van der Waals surface area contributed by atoms with Gasteiger partial charge < -0.3 is 14.8 Å². The zero-order chi connectivity index (χ0) is 19.1. The third-order valence-electron chi connectivity index (χ3n) is 3.45. The van der Waals surface area contributed by atoms with Gasteiger partial charge in [-0.05, 0) is 51.0 Å². The van der Waals surface area contributed by atoms with E-state index in [0.717, 1.165) is 22.6 Å². The molecule has 0 bridgehead atoms. The Kier molecular flexibility index (Phi) is 7.41. The van der Waals surface area contributed by atoms with Crippen molar-refractivity contribution in [3.8, 4) is 5.75 Å². The third-order valence-corrected chi connectivity index (χ3v) is 4.73. The number of thiazole rings is 1. The number of nitrogens with one attached hydrogen (secondary N) is 1. The van der Waals surface area contributed by atoms with Crippen molar-refractivity contribution in [2.45, 2.75) is 33.6 Å². The van der Waals surface area contributed by atoms with Crippen LogP contribution < -0.4 is 10.1 Å². The van der Waals surface area contributed by atoms with Gasteiger partial charge in [-0.2, -0.15) is 0 Å². The second kappa shape index (κ2) is 9.54. The fourth-order valence-electron chi connectivity index (χ4n) is 2.21. The van der Waals surface area contributed by atoms with E-state index in [4.69, 9.17) is 21.1 Å². The molecule has 2 rings (SSSR count). The number of hydrogen-bond donors (Lipinski definition) is 1. The van der Waals surface area contributed by atoms with Gasteiger partial charge in [-0.15, -0.1) is 0 Å². The first-order valence-corrected chi connectivity index (χ1v) is 9.43. The average Bonchev–Trinajstić information content (AvgIpc) is 2.93. The predicted molar refractivity (Wildman–Crippen MR) is 102 cm³/mol. The highest BCUT2D eigenvalue weighted by Crippen LogP contribution is 2.24. The Labute approximate surface area is 161 Å². The standard InChI is InChI=1S/C18H21ClN2O4S/c1-4-24-17(23)16-12(3)20-18(26-16)21-15(22)6-5-9-25-14-8-7-13(19)10-11(14)2/h7-8,10H,4-6,9H2,1-3H3,(H,20,21,22). The van der Waals surface area contributed by atoms with Crippen molar-refractivity contribution in [3.63, 3.8) is 0 Å². The highest BCUT2D eigenvalue weighted by Gasteiger charge is 2.17. The highest BCUT2D eigenvalue weighted by atomic mass is 35.5. The molecule has 2 aromatic rings. The van der Waals surface area contributed by atoms with Crippen LogP contribution >= 0.6 is 22.9 Å². The van der Waals surface area contributed by atoms with Gasteiger partial charge in [-0.25, -0.2) is 9.78 Å². The van der Waals surface area contributed by atoms with E-state index in [1.54, 1.807) is 19.9 Å². The van der Waals surface area contributed by atoms with Gasteiger partial charge in [-0.3, -0.25) is 4.79 Å². The summed E-state index contributed by atoms with van der Waals surface area (Å²) in [6.45, 7) is 6.08. The molecule has 1 amide bonds. The first kappa shape index (κ1) is 20.2. The van der Waals surface area contributed by atoms with Gasteiger partial charge in [0.2, 0.25) is 5.91 Å². The molecule has 1 aromatic heterocycles. The molecule has 0 atom stereocenters. The molecule has 8 heteroatoms. The quantitative estimate of drug-likeness (QED) is 0.529. The number of halogens is 1. The molecule has 0 aliphatic rings. The summed E-state index contributed by atoms with van der Waals surface area (Å²) in [7, 11) is 0. The summed E-state index contributed by atoms with van der Waals surface area (Å²) in [6, 6.07) is 5.41. The molecule has 140 valence electrons. The van der Waals surface area contributed by atoms with Gasteiger partial charge in [0.1, 0.15) is 10.6 Å². The van der Waals surface area contributed by atoms with E-state index in [1.165, 1.54) is 0 Å². The molecule has 0 spiro atoms. The van der Waals surface area contributed by atoms with Gasteiger partial charge in [0, 0.05) is 11.4 Å². The van der Waals surface area contributed by atoms with Gasteiger partial charge in [0.05, 0.1) is 18.9 Å². The Bertz CT molecular complexity index is 791. The summed E-state index contributed by atoms with van der Waals surface area (Å²) in [5.41, 5.74) is 1.50. The lowest BCUT2D eigenvalue weighted by Crippen LogP contribution is -2.12. The van der Waals surface area contributed by atoms with Crippen molar-refractivity contribution in [2.75, 3.05) is 18.5 Å². The van der Waals surface area contributed by atoms with Crippen LogP contribution in [0.4, 0.5) is 5.13 Å². The molecule has 0 aliphatic carbocycles. The van der Waals surface area contributed by atoms with E-state index in [9.17, 15) is 9.59 Å². The third kappa shape index (κ3) is 5.71. The number of carbonyl (C=O) groups excluding carboxylic acids is 2. The number of rotatable bonds is 8. The highest BCUT2D eigenvalue weighted by molar-refractivity contribution is 7.17. The van der Waals surface area contributed by atoms with Crippen molar-refractivity contribution in [1.29, 1.82) is 0 Å². The predicted octanol–water partition coefficient (Wildman–Crippen LogP) is 4.39. The summed E-state index contributed by atoms with van der Waals surface area (Å²) in [6.07, 6.45) is 0.850. The molecule has 1 heterocycles. The molecule has 1 N–H and O–H groups in total. The Hall–Kier alpha value is -2.12. The number of nitrogens with zero attached hydrogens (tertiary/aromatic N) is 1. The Morgan fingerprint density at radius 2 is 2.08 bits per heavy atom. The van der Waals surface area contributed by atoms with Crippen LogP contribution in [0.5, 0.6) is 5.75 Å². The van der Waals surface area contributed by atoms with Crippen LogP contribution in [-0.2, 0) is 9.53 Å². The lowest BCUT2D eigenvalue weighted by atomic mass is 10.2. The van der Waals surface area contributed by atoms with Crippen LogP contribution in [0.3, 0.4) is 0 Å². The number of esters is 1. The van der Waals surface area contributed by atoms with Gasteiger partial charge in [0.15, 0.2) is 5.13 Å². The van der Waals surface area contributed by atoms with E-state index in [-0.39, 0.29) is 5.91 Å². The zero-order valence-corrected chi connectivity index (χ0v) is 16.5. The van der Waals surface area contributed by atoms with Crippen LogP contribution in [0.25, 0.3) is 0 Å². The van der Waals surface area contributed by atoms with Crippen LogP contribution in [0, 0.1) is 13.8 Å². The van der Waals surface area contributed by atoms with Crippen molar-refractivity contribution < 1.29 is 19.1 Å². The Balaban J connectivity index is 1.78. The van der Waals surface area contributed by atoms with Crippen molar-refractivity contribution in [3.05, 3.63) is 39.4 Å². The number of benzene rings is 1. The molecule has 0 unspecified atom stereocenters. The molecule has 26 heavy (non-hydrogen) atoms. The average molecular weight is 397 g/mol. The summed E-state index contributed by atoms with van der Waals surface area (Å²) in [5.74, 6) is 0.157. The SMILES string of the molecule is CCOC(=O)c1sc(NC(=O)CCCOc2ccc(Cl)cc2C)nc1C. The van der Waals surface area contributed by atoms with E-state index >= 15 is 0 Å². The minimum Gasteiger partial charge on any atom is -0.493 e.